The molecule has 1 aromatic heterocycles. The monoisotopic (exact) mass is 377 g/mol. The highest BCUT2D eigenvalue weighted by Gasteiger charge is 2.24. The summed E-state index contributed by atoms with van der Waals surface area (Å²) in [4.78, 5) is 18.4. The van der Waals surface area contributed by atoms with Crippen LogP contribution in [-0.4, -0.2) is 49.1 Å². The van der Waals surface area contributed by atoms with Crippen LogP contribution in [0.5, 0.6) is 0 Å². The number of amides is 1. The third-order valence-corrected chi connectivity index (χ3v) is 4.30. The number of nitriles is 2. The first-order valence-electron chi connectivity index (χ1n) is 8.85. The molecule has 0 aliphatic carbocycles. The Morgan fingerprint density at radius 2 is 2.07 bits per heavy atom. The normalized spacial score (nSPS) is 15.0. The summed E-state index contributed by atoms with van der Waals surface area (Å²) >= 11 is 0. The Morgan fingerprint density at radius 3 is 2.71 bits per heavy atom. The topological polar surface area (TPSA) is 102 Å². The minimum absolute atomic E-state index is 0.0411. The Balaban J connectivity index is 0.000000878. The fourth-order valence-electron chi connectivity index (χ4n) is 2.94. The molecule has 0 radical (unpaired) electrons. The molecule has 1 unspecified atom stereocenters. The zero-order valence-corrected chi connectivity index (χ0v) is 16.3. The maximum absolute atomic E-state index is 12.5. The molecule has 144 valence electrons. The second-order valence-electron chi connectivity index (χ2n) is 6.49. The molecular formula is C21H23N5O2. The van der Waals surface area contributed by atoms with Gasteiger partial charge in [-0.05, 0) is 48.2 Å². The lowest BCUT2D eigenvalue weighted by Gasteiger charge is -2.13. The number of ether oxygens (including phenoxy) is 1. The van der Waals surface area contributed by atoms with Crippen molar-refractivity contribution >= 4 is 5.91 Å². The lowest BCUT2D eigenvalue weighted by atomic mass is 9.99. The SMILES string of the molecule is COC.Cc1cnc(C(=O)NC2CCN(C#N)C2)cc1-c1cccc(C#N)c1. The molecule has 2 aromatic rings. The first-order valence-corrected chi connectivity index (χ1v) is 8.85. The first kappa shape index (κ1) is 20.9. The van der Waals surface area contributed by atoms with E-state index >= 15 is 0 Å². The zero-order valence-electron chi connectivity index (χ0n) is 16.3. The van der Waals surface area contributed by atoms with Crippen molar-refractivity contribution in [2.45, 2.75) is 19.4 Å². The maximum atomic E-state index is 12.5. The Kier molecular flexibility index (Phi) is 7.50. The van der Waals surface area contributed by atoms with Crippen molar-refractivity contribution in [3.05, 3.63) is 53.3 Å². The van der Waals surface area contributed by atoms with Crippen LogP contribution in [-0.2, 0) is 4.74 Å². The predicted molar refractivity (Wildman–Crippen MR) is 105 cm³/mol. The van der Waals surface area contributed by atoms with Gasteiger partial charge in [0.1, 0.15) is 5.69 Å². The quantitative estimate of drug-likeness (QED) is 0.825. The van der Waals surface area contributed by atoms with Gasteiger partial charge in [0, 0.05) is 39.5 Å². The lowest BCUT2D eigenvalue weighted by molar-refractivity contribution is 0.0934. The Labute approximate surface area is 165 Å². The number of benzene rings is 1. The molecule has 0 bridgehead atoms. The van der Waals surface area contributed by atoms with Crippen LogP contribution in [0.2, 0.25) is 0 Å². The van der Waals surface area contributed by atoms with Gasteiger partial charge in [-0.1, -0.05) is 12.1 Å². The first-order chi connectivity index (χ1) is 13.5. The molecule has 1 amide bonds. The smallest absolute Gasteiger partial charge is 0.270 e. The van der Waals surface area contributed by atoms with Crippen LogP contribution in [0.1, 0.15) is 28.0 Å². The van der Waals surface area contributed by atoms with E-state index in [9.17, 15) is 4.79 Å². The van der Waals surface area contributed by atoms with Crippen LogP contribution in [0.3, 0.4) is 0 Å². The second kappa shape index (κ2) is 10.1. The standard InChI is InChI=1S/C19H17N5O.C2H6O/c1-13-10-22-18(19(25)23-16-5-6-24(11-16)12-21)8-17(13)15-4-2-3-14(7-15)9-20;1-3-2/h2-4,7-8,10,16H,5-6,11H2,1H3,(H,23,25);1-2H3. The van der Waals surface area contributed by atoms with E-state index in [4.69, 9.17) is 10.5 Å². The van der Waals surface area contributed by atoms with Gasteiger partial charge in [0.25, 0.3) is 5.91 Å². The number of rotatable bonds is 3. The average molecular weight is 377 g/mol. The number of hydrogen-bond acceptors (Lipinski definition) is 6. The number of likely N-dealkylation sites (tertiary alicyclic amines) is 1. The summed E-state index contributed by atoms with van der Waals surface area (Å²) in [5, 5.41) is 20.9. The number of pyridine rings is 1. The summed E-state index contributed by atoms with van der Waals surface area (Å²) in [6, 6.07) is 11.1. The molecule has 2 heterocycles. The molecule has 7 nitrogen and oxygen atoms in total. The Morgan fingerprint density at radius 1 is 1.32 bits per heavy atom. The van der Waals surface area contributed by atoms with Crippen LogP contribution in [0.4, 0.5) is 0 Å². The van der Waals surface area contributed by atoms with Crippen LogP contribution in [0.15, 0.2) is 36.5 Å². The summed E-state index contributed by atoms with van der Waals surface area (Å²) < 4.78 is 4.25. The number of aryl methyl sites for hydroxylation is 1. The number of aromatic nitrogens is 1. The zero-order chi connectivity index (χ0) is 20.5. The molecule has 7 heteroatoms. The molecule has 1 atom stereocenters. The van der Waals surface area contributed by atoms with E-state index in [-0.39, 0.29) is 11.9 Å². The molecule has 3 rings (SSSR count). The summed E-state index contributed by atoms with van der Waals surface area (Å²) in [5.41, 5.74) is 3.59. The molecule has 1 fully saturated rings. The van der Waals surface area contributed by atoms with Gasteiger partial charge in [0.05, 0.1) is 11.6 Å². The van der Waals surface area contributed by atoms with Gasteiger partial charge in [0.2, 0.25) is 0 Å². The Hall–Kier alpha value is -3.42. The summed E-state index contributed by atoms with van der Waals surface area (Å²) in [6.45, 7) is 3.12. The minimum Gasteiger partial charge on any atom is -0.388 e. The van der Waals surface area contributed by atoms with Crippen LogP contribution in [0, 0.1) is 29.7 Å². The van der Waals surface area contributed by atoms with Gasteiger partial charge >= 0.3 is 0 Å². The molecular weight excluding hydrogens is 354 g/mol. The Bertz CT molecular complexity index is 914. The van der Waals surface area contributed by atoms with Crippen molar-refractivity contribution < 1.29 is 9.53 Å². The number of carbonyl (C=O) groups is 1. The highest BCUT2D eigenvalue weighted by molar-refractivity contribution is 5.94. The van der Waals surface area contributed by atoms with E-state index in [0.29, 0.717) is 24.3 Å². The van der Waals surface area contributed by atoms with E-state index in [2.05, 4.69) is 27.3 Å². The van der Waals surface area contributed by atoms with Crippen LogP contribution >= 0.6 is 0 Å². The van der Waals surface area contributed by atoms with Crippen molar-refractivity contribution in [2.75, 3.05) is 27.3 Å². The van der Waals surface area contributed by atoms with E-state index in [0.717, 1.165) is 23.1 Å². The second-order valence-corrected chi connectivity index (χ2v) is 6.49. The molecule has 28 heavy (non-hydrogen) atoms. The van der Waals surface area contributed by atoms with Gasteiger partial charge in [-0.2, -0.15) is 10.5 Å². The van der Waals surface area contributed by atoms with Crippen LogP contribution in [0.25, 0.3) is 11.1 Å². The van der Waals surface area contributed by atoms with Gasteiger partial charge in [-0.15, -0.1) is 0 Å². The largest absolute Gasteiger partial charge is 0.388 e. The van der Waals surface area contributed by atoms with Gasteiger partial charge in [0.15, 0.2) is 6.19 Å². The highest BCUT2D eigenvalue weighted by Crippen LogP contribution is 2.24. The molecule has 1 N–H and O–H groups in total. The average Bonchev–Trinajstić information content (AvgIpc) is 3.16. The fraction of sp³-hybridized carbons (Fsp3) is 0.333. The third-order valence-electron chi connectivity index (χ3n) is 4.30. The van der Waals surface area contributed by atoms with Crippen LogP contribution < -0.4 is 5.32 Å². The van der Waals surface area contributed by atoms with E-state index in [1.807, 2.05) is 19.1 Å². The summed E-state index contributed by atoms with van der Waals surface area (Å²) in [7, 11) is 3.25. The molecule has 0 saturated carbocycles. The van der Waals surface area contributed by atoms with Gasteiger partial charge < -0.3 is 15.0 Å². The van der Waals surface area contributed by atoms with Crippen molar-refractivity contribution in [1.82, 2.24) is 15.2 Å². The third kappa shape index (κ3) is 5.29. The number of hydrogen-bond donors (Lipinski definition) is 1. The number of methoxy groups -OCH3 is 1. The summed E-state index contributed by atoms with van der Waals surface area (Å²) in [5.74, 6) is -0.248. The van der Waals surface area contributed by atoms with E-state index in [1.54, 1.807) is 43.5 Å². The van der Waals surface area contributed by atoms with Crippen molar-refractivity contribution in [3.63, 3.8) is 0 Å². The predicted octanol–water partition coefficient (Wildman–Crippen LogP) is 2.48. The maximum Gasteiger partial charge on any atom is 0.270 e. The fourth-order valence-corrected chi connectivity index (χ4v) is 2.94. The van der Waals surface area contributed by atoms with Gasteiger partial charge in [-0.25, -0.2) is 0 Å². The van der Waals surface area contributed by atoms with Crippen molar-refractivity contribution in [1.29, 1.82) is 10.5 Å². The molecule has 1 aliphatic rings. The number of nitrogens with zero attached hydrogens (tertiary/aromatic N) is 4. The molecule has 1 aromatic carbocycles. The van der Waals surface area contributed by atoms with Crippen molar-refractivity contribution in [3.8, 4) is 23.4 Å². The van der Waals surface area contributed by atoms with Crippen molar-refractivity contribution in [2.24, 2.45) is 0 Å². The molecule has 1 aliphatic heterocycles. The highest BCUT2D eigenvalue weighted by atomic mass is 16.4. The van der Waals surface area contributed by atoms with Gasteiger partial charge in [-0.3, -0.25) is 9.78 Å². The van der Waals surface area contributed by atoms with E-state index in [1.165, 1.54) is 0 Å². The lowest BCUT2D eigenvalue weighted by Crippen LogP contribution is -2.36. The summed E-state index contributed by atoms with van der Waals surface area (Å²) in [6.07, 6.45) is 4.51. The number of carbonyl (C=O) groups excluding carboxylic acids is 1. The molecule has 1 saturated heterocycles. The minimum atomic E-state index is -0.248. The number of nitrogens with one attached hydrogen (secondary N) is 1. The molecule has 0 spiro atoms. The van der Waals surface area contributed by atoms with E-state index < -0.39 is 0 Å².